The van der Waals surface area contributed by atoms with E-state index in [2.05, 4.69) is 51.7 Å². The van der Waals surface area contributed by atoms with Crippen LogP contribution in [-0.4, -0.2) is 32.4 Å². The Morgan fingerprint density at radius 2 is 2.10 bits per heavy atom. The van der Waals surface area contributed by atoms with Crippen LogP contribution in [0, 0.1) is 18.8 Å². The fraction of sp³-hybridized carbons (Fsp3) is 0.667. The third kappa shape index (κ3) is 4.12. The topological polar surface area (TPSA) is 3.24 Å². The third-order valence-electron chi connectivity index (χ3n) is 4.75. The normalized spacial score (nSPS) is 17.9. The molecule has 1 nitrogen and oxygen atoms in total. The highest BCUT2D eigenvalue weighted by molar-refractivity contribution is 6.08. The van der Waals surface area contributed by atoms with Gasteiger partial charge in [-0.25, -0.2) is 0 Å². The van der Waals surface area contributed by atoms with E-state index in [4.69, 9.17) is 0 Å². The molecule has 0 bridgehead atoms. The first-order valence-electron chi connectivity index (χ1n) is 8.43. The predicted octanol–water partition coefficient (Wildman–Crippen LogP) is 3.11. The minimum Gasteiger partial charge on any atom is -0.302 e. The second-order valence-electron chi connectivity index (χ2n) is 6.81. The highest BCUT2D eigenvalue weighted by atomic mass is 15.2. The Morgan fingerprint density at radius 3 is 2.70 bits per heavy atom. The van der Waals surface area contributed by atoms with Gasteiger partial charge in [-0.1, -0.05) is 44.8 Å². The second-order valence-corrected chi connectivity index (χ2v) is 6.81. The van der Waals surface area contributed by atoms with Crippen molar-refractivity contribution in [3.8, 4) is 0 Å². The highest BCUT2D eigenvalue weighted by Crippen LogP contribution is 2.24. The molecule has 0 radical (unpaired) electrons. The summed E-state index contributed by atoms with van der Waals surface area (Å²) in [5, 5.41) is 0. The van der Waals surface area contributed by atoms with Gasteiger partial charge in [-0.05, 0) is 48.3 Å². The highest BCUT2D eigenvalue weighted by Gasteiger charge is 2.27. The lowest BCUT2D eigenvalue weighted by molar-refractivity contribution is 0.0837. The van der Waals surface area contributed by atoms with E-state index >= 15 is 0 Å². The van der Waals surface area contributed by atoms with Crippen LogP contribution in [0.4, 0.5) is 0 Å². The molecule has 1 heterocycles. The fourth-order valence-corrected chi connectivity index (χ4v) is 3.27. The van der Waals surface area contributed by atoms with Crippen LogP contribution >= 0.6 is 0 Å². The first-order valence-corrected chi connectivity index (χ1v) is 8.43. The molecule has 1 aromatic carbocycles. The van der Waals surface area contributed by atoms with E-state index in [0.717, 1.165) is 11.8 Å². The summed E-state index contributed by atoms with van der Waals surface area (Å²) >= 11 is 0. The van der Waals surface area contributed by atoms with Crippen LogP contribution in [0.2, 0.25) is 6.32 Å². The molecular weight excluding hydrogens is 241 g/mol. The molecule has 1 unspecified atom stereocenters. The maximum absolute atomic E-state index is 2.62. The number of hydrogen-bond acceptors (Lipinski definition) is 1. The van der Waals surface area contributed by atoms with Crippen LogP contribution in [0.3, 0.4) is 0 Å². The summed E-state index contributed by atoms with van der Waals surface area (Å²) in [7, 11) is 2.25. The van der Waals surface area contributed by atoms with Gasteiger partial charge >= 0.3 is 0 Å². The zero-order chi connectivity index (χ0) is 14.5. The van der Waals surface area contributed by atoms with E-state index in [9.17, 15) is 0 Å². The van der Waals surface area contributed by atoms with Gasteiger partial charge in [0.05, 0.1) is 0 Å². The molecule has 1 atom stereocenters. The van der Waals surface area contributed by atoms with E-state index in [1.807, 2.05) is 0 Å². The third-order valence-corrected chi connectivity index (χ3v) is 4.75. The van der Waals surface area contributed by atoms with Gasteiger partial charge < -0.3 is 4.90 Å². The standard InChI is InChI=1S/C18H30BN/c1-4-14(2)11-20-12-17(13-20)10-18-6-5-16(7-8-19)9-15(18)3/h5-6,9,14,17H,4,7-8,10-13,19H2,1-3H3. The van der Waals surface area contributed by atoms with Crippen molar-refractivity contribution in [1.82, 2.24) is 4.90 Å². The van der Waals surface area contributed by atoms with Crippen LogP contribution in [0.1, 0.15) is 37.0 Å². The Hall–Kier alpha value is -0.755. The van der Waals surface area contributed by atoms with Crippen molar-refractivity contribution < 1.29 is 0 Å². The van der Waals surface area contributed by atoms with Crippen LogP contribution in [0.25, 0.3) is 0 Å². The van der Waals surface area contributed by atoms with Gasteiger partial charge in [0.25, 0.3) is 0 Å². The van der Waals surface area contributed by atoms with Crippen molar-refractivity contribution >= 4 is 7.85 Å². The van der Waals surface area contributed by atoms with Crippen molar-refractivity contribution in [1.29, 1.82) is 0 Å². The molecule has 110 valence electrons. The summed E-state index contributed by atoms with van der Waals surface area (Å²) in [5.41, 5.74) is 4.56. The van der Waals surface area contributed by atoms with Crippen molar-refractivity contribution in [2.45, 2.75) is 46.4 Å². The molecular formula is C18H30BN. The van der Waals surface area contributed by atoms with Gasteiger partial charge in [-0.3, -0.25) is 0 Å². The minimum atomic E-state index is 0.853. The lowest BCUT2D eigenvalue weighted by atomic mass is 9.88. The molecule has 0 aromatic heterocycles. The number of benzene rings is 1. The summed E-state index contributed by atoms with van der Waals surface area (Å²) in [6, 6.07) is 7.10. The Bertz CT molecular complexity index is 423. The lowest BCUT2D eigenvalue weighted by Crippen LogP contribution is -2.49. The van der Waals surface area contributed by atoms with E-state index < -0.39 is 0 Å². The minimum absolute atomic E-state index is 0.853. The average molecular weight is 271 g/mol. The molecule has 0 saturated carbocycles. The quantitative estimate of drug-likeness (QED) is 0.689. The Labute approximate surface area is 126 Å². The van der Waals surface area contributed by atoms with Crippen molar-refractivity contribution in [2.75, 3.05) is 19.6 Å². The fourth-order valence-electron chi connectivity index (χ4n) is 3.27. The number of aryl methyl sites for hydroxylation is 2. The van der Waals surface area contributed by atoms with Gasteiger partial charge in [0.15, 0.2) is 0 Å². The molecule has 2 heteroatoms. The van der Waals surface area contributed by atoms with Crippen LogP contribution in [0.15, 0.2) is 18.2 Å². The molecule has 0 N–H and O–H groups in total. The van der Waals surface area contributed by atoms with Crippen molar-refractivity contribution in [3.63, 3.8) is 0 Å². The van der Waals surface area contributed by atoms with Gasteiger partial charge in [0, 0.05) is 19.6 Å². The molecule has 2 rings (SSSR count). The summed E-state index contributed by atoms with van der Waals surface area (Å²) in [6.07, 6.45) is 5.04. The van der Waals surface area contributed by atoms with Gasteiger partial charge in [-0.15, -0.1) is 0 Å². The Kier molecular flexibility index (Phi) is 5.71. The van der Waals surface area contributed by atoms with Crippen LogP contribution < -0.4 is 0 Å². The summed E-state index contributed by atoms with van der Waals surface area (Å²) in [5.74, 6) is 1.74. The van der Waals surface area contributed by atoms with E-state index in [1.165, 1.54) is 56.3 Å². The zero-order valence-electron chi connectivity index (χ0n) is 13.8. The number of likely N-dealkylation sites (tertiary alicyclic amines) is 1. The molecule has 0 amide bonds. The molecule has 20 heavy (non-hydrogen) atoms. The Morgan fingerprint density at radius 1 is 1.35 bits per heavy atom. The lowest BCUT2D eigenvalue weighted by Gasteiger charge is -2.41. The second kappa shape index (κ2) is 7.31. The number of hydrogen-bond donors (Lipinski definition) is 0. The van der Waals surface area contributed by atoms with Gasteiger partial charge in [-0.2, -0.15) is 0 Å². The van der Waals surface area contributed by atoms with Crippen LogP contribution in [-0.2, 0) is 12.8 Å². The van der Waals surface area contributed by atoms with Gasteiger partial charge in [0.2, 0.25) is 0 Å². The summed E-state index contributed by atoms with van der Waals surface area (Å²) < 4.78 is 0. The van der Waals surface area contributed by atoms with E-state index in [1.54, 1.807) is 5.56 Å². The monoisotopic (exact) mass is 271 g/mol. The molecule has 0 spiro atoms. The molecule has 1 aliphatic heterocycles. The number of nitrogens with zero attached hydrogens (tertiary/aromatic N) is 1. The largest absolute Gasteiger partial charge is 0.302 e. The summed E-state index contributed by atoms with van der Waals surface area (Å²) in [4.78, 5) is 2.62. The van der Waals surface area contributed by atoms with E-state index in [-0.39, 0.29) is 0 Å². The SMILES string of the molecule is BCCc1ccc(CC2CN(CC(C)CC)C2)c(C)c1. The molecule has 1 aliphatic rings. The van der Waals surface area contributed by atoms with Crippen LogP contribution in [0.5, 0.6) is 0 Å². The number of rotatable bonds is 7. The van der Waals surface area contributed by atoms with Gasteiger partial charge in [0.1, 0.15) is 7.85 Å². The van der Waals surface area contributed by atoms with Crippen molar-refractivity contribution in [3.05, 3.63) is 34.9 Å². The molecule has 1 aromatic rings. The zero-order valence-corrected chi connectivity index (χ0v) is 13.8. The maximum Gasteiger partial charge on any atom is 0.101 e. The van der Waals surface area contributed by atoms with Crippen molar-refractivity contribution in [2.24, 2.45) is 11.8 Å². The average Bonchev–Trinajstić information content (AvgIpc) is 2.38. The predicted molar refractivity (Wildman–Crippen MR) is 91.3 cm³/mol. The smallest absolute Gasteiger partial charge is 0.101 e. The first-order chi connectivity index (χ1) is 9.62. The van der Waals surface area contributed by atoms with E-state index in [0.29, 0.717) is 0 Å². The maximum atomic E-state index is 2.62. The molecule has 0 aliphatic carbocycles. The Balaban J connectivity index is 1.81. The summed E-state index contributed by atoms with van der Waals surface area (Å²) in [6.45, 7) is 10.8. The molecule has 1 saturated heterocycles. The first kappa shape index (κ1) is 15.6. The molecule has 1 fully saturated rings.